The Morgan fingerprint density at radius 3 is 1.74 bits per heavy atom. The highest BCUT2D eigenvalue weighted by Gasteiger charge is 2.18. The Morgan fingerprint density at radius 1 is 0.870 bits per heavy atom. The van der Waals surface area contributed by atoms with Crippen LogP contribution in [0.4, 0.5) is 0 Å². The number of rotatable bonds is 9. The van der Waals surface area contributed by atoms with Crippen LogP contribution in [0.15, 0.2) is 0 Å². The van der Waals surface area contributed by atoms with Crippen molar-refractivity contribution in [1.82, 2.24) is 21.3 Å². The van der Waals surface area contributed by atoms with Crippen molar-refractivity contribution in [2.45, 2.75) is 25.9 Å². The van der Waals surface area contributed by atoms with E-state index in [9.17, 15) is 24.0 Å². The molecule has 0 aromatic rings. The molecule has 0 radical (unpaired) electrons. The third-order valence-corrected chi connectivity index (χ3v) is 2.56. The van der Waals surface area contributed by atoms with Crippen LogP contribution in [0.1, 0.15) is 13.8 Å². The minimum atomic E-state index is -1.21. The van der Waals surface area contributed by atoms with Crippen LogP contribution in [0.5, 0.6) is 0 Å². The second-order valence-corrected chi connectivity index (χ2v) is 4.61. The molecule has 0 rings (SSSR count). The summed E-state index contributed by atoms with van der Waals surface area (Å²) in [6.07, 6.45) is 0. The number of nitrogens with one attached hydrogen (secondary N) is 4. The smallest absolute Gasteiger partial charge is 0.322 e. The van der Waals surface area contributed by atoms with Gasteiger partial charge in [0.1, 0.15) is 18.6 Å². The van der Waals surface area contributed by atoms with Gasteiger partial charge in [0.25, 0.3) is 0 Å². The van der Waals surface area contributed by atoms with E-state index in [0.717, 1.165) is 0 Å². The number of hydrogen-bond acceptors (Lipinski definition) is 6. The van der Waals surface area contributed by atoms with Crippen LogP contribution in [0, 0.1) is 0 Å². The molecule has 0 heterocycles. The highest BCUT2D eigenvalue weighted by atomic mass is 16.4. The molecule has 7 N–H and O–H groups in total. The molecular weight excluding hydrogens is 310 g/mol. The predicted molar refractivity (Wildman–Crippen MR) is 77.9 cm³/mol. The molecule has 0 fully saturated rings. The minimum absolute atomic E-state index is 0.263. The van der Waals surface area contributed by atoms with Gasteiger partial charge in [0.2, 0.25) is 23.6 Å². The molecule has 0 unspecified atom stereocenters. The first-order valence-electron chi connectivity index (χ1n) is 6.73. The maximum absolute atomic E-state index is 11.6. The van der Waals surface area contributed by atoms with Crippen molar-refractivity contribution in [2.24, 2.45) is 5.73 Å². The first-order valence-corrected chi connectivity index (χ1v) is 6.73. The molecule has 23 heavy (non-hydrogen) atoms. The van der Waals surface area contributed by atoms with Gasteiger partial charge in [-0.3, -0.25) is 24.0 Å². The van der Waals surface area contributed by atoms with Crippen molar-refractivity contribution in [2.75, 3.05) is 19.6 Å². The lowest BCUT2D eigenvalue weighted by atomic mass is 10.3. The number of carboxylic acids is 1. The Hall–Kier alpha value is -2.69. The van der Waals surface area contributed by atoms with E-state index in [4.69, 9.17) is 10.8 Å². The molecule has 0 bridgehead atoms. The van der Waals surface area contributed by atoms with E-state index in [1.165, 1.54) is 13.8 Å². The van der Waals surface area contributed by atoms with E-state index in [2.05, 4.69) is 21.3 Å². The zero-order valence-corrected chi connectivity index (χ0v) is 12.8. The number of aliphatic carboxylic acids is 1. The van der Waals surface area contributed by atoms with E-state index >= 15 is 0 Å². The molecule has 11 nitrogen and oxygen atoms in total. The molecule has 2 atom stereocenters. The average Bonchev–Trinajstić information content (AvgIpc) is 2.49. The fraction of sp³-hybridized carbons (Fsp3) is 0.583. The Morgan fingerprint density at radius 2 is 1.30 bits per heavy atom. The van der Waals surface area contributed by atoms with Gasteiger partial charge >= 0.3 is 5.97 Å². The van der Waals surface area contributed by atoms with Crippen LogP contribution in [0.25, 0.3) is 0 Å². The van der Waals surface area contributed by atoms with Crippen LogP contribution in [0.3, 0.4) is 0 Å². The molecular formula is C12H21N5O6. The van der Waals surface area contributed by atoms with Gasteiger partial charge in [-0.1, -0.05) is 0 Å². The molecule has 4 amide bonds. The quantitative estimate of drug-likeness (QED) is 0.251. The van der Waals surface area contributed by atoms with Crippen molar-refractivity contribution < 1.29 is 29.1 Å². The highest BCUT2D eigenvalue weighted by molar-refractivity contribution is 5.92. The lowest BCUT2D eigenvalue weighted by molar-refractivity contribution is -0.138. The summed E-state index contributed by atoms with van der Waals surface area (Å²) in [5.41, 5.74) is 5.09. The standard InChI is InChI=1S/C12H21N5O6/c1-6(16-8(18)3-13)11(22)14-4-9(19)17-7(2)12(23)15-5-10(20)21/h6-7H,3-5,13H2,1-2H3,(H,14,22)(H,15,23)(H,16,18)(H,17,19)(H,20,21)/t6-,7+/m0/s1. The molecule has 0 aliphatic heterocycles. The molecule has 0 saturated carbocycles. The summed E-state index contributed by atoms with van der Waals surface area (Å²) in [6.45, 7) is 1.55. The zero-order chi connectivity index (χ0) is 18.0. The molecule has 0 aliphatic carbocycles. The summed E-state index contributed by atoms with van der Waals surface area (Å²) in [4.78, 5) is 55.9. The van der Waals surface area contributed by atoms with Gasteiger partial charge in [-0.25, -0.2) is 0 Å². The Bertz CT molecular complexity index is 481. The van der Waals surface area contributed by atoms with Gasteiger partial charge < -0.3 is 32.1 Å². The van der Waals surface area contributed by atoms with Gasteiger partial charge in [0, 0.05) is 0 Å². The minimum Gasteiger partial charge on any atom is -0.480 e. The number of hydrogen-bond donors (Lipinski definition) is 6. The first-order chi connectivity index (χ1) is 10.7. The summed E-state index contributed by atoms with van der Waals surface area (Å²) >= 11 is 0. The van der Waals surface area contributed by atoms with Gasteiger partial charge in [-0.15, -0.1) is 0 Å². The first kappa shape index (κ1) is 20.3. The Labute approximate surface area is 132 Å². The zero-order valence-electron chi connectivity index (χ0n) is 12.8. The van der Waals surface area contributed by atoms with Crippen LogP contribution >= 0.6 is 0 Å². The largest absolute Gasteiger partial charge is 0.480 e. The predicted octanol–water partition coefficient (Wildman–Crippen LogP) is -3.73. The average molecular weight is 331 g/mol. The lowest BCUT2D eigenvalue weighted by Crippen LogP contribution is -2.51. The molecule has 130 valence electrons. The normalized spacial score (nSPS) is 12.5. The Balaban J connectivity index is 4.14. The van der Waals surface area contributed by atoms with E-state index in [0.29, 0.717) is 0 Å². The molecule has 0 aromatic heterocycles. The second-order valence-electron chi connectivity index (χ2n) is 4.61. The number of amides is 4. The third kappa shape index (κ3) is 9.03. The molecule has 0 spiro atoms. The lowest BCUT2D eigenvalue weighted by Gasteiger charge is -2.15. The van der Waals surface area contributed by atoms with Crippen molar-refractivity contribution in [3.63, 3.8) is 0 Å². The van der Waals surface area contributed by atoms with E-state index in [-0.39, 0.29) is 6.54 Å². The maximum atomic E-state index is 11.6. The fourth-order valence-electron chi connectivity index (χ4n) is 1.36. The summed E-state index contributed by atoms with van der Waals surface area (Å²) in [6, 6.07) is -1.83. The SMILES string of the molecule is C[C@H](NC(=O)CN)C(=O)NCC(=O)N[C@H](C)C(=O)NCC(=O)O. The fourth-order valence-corrected chi connectivity index (χ4v) is 1.36. The molecule has 11 heteroatoms. The van der Waals surface area contributed by atoms with Crippen molar-refractivity contribution >= 4 is 29.6 Å². The maximum Gasteiger partial charge on any atom is 0.322 e. The van der Waals surface area contributed by atoms with Crippen LogP contribution in [-0.2, 0) is 24.0 Å². The van der Waals surface area contributed by atoms with Crippen LogP contribution < -0.4 is 27.0 Å². The number of nitrogens with two attached hydrogens (primary N) is 1. The van der Waals surface area contributed by atoms with Gasteiger partial charge in [-0.05, 0) is 13.8 Å². The van der Waals surface area contributed by atoms with Crippen LogP contribution in [-0.4, -0.2) is 66.4 Å². The van der Waals surface area contributed by atoms with E-state index in [1.807, 2.05) is 0 Å². The number of carboxylic acid groups (broad SMARTS) is 1. The molecule has 0 saturated heterocycles. The third-order valence-electron chi connectivity index (χ3n) is 2.56. The van der Waals surface area contributed by atoms with Gasteiger partial charge in [0.05, 0.1) is 13.1 Å². The van der Waals surface area contributed by atoms with E-state index in [1.54, 1.807) is 0 Å². The van der Waals surface area contributed by atoms with Crippen molar-refractivity contribution in [3.05, 3.63) is 0 Å². The summed E-state index contributed by atoms with van der Waals surface area (Å²) in [7, 11) is 0. The summed E-state index contributed by atoms with van der Waals surface area (Å²) < 4.78 is 0. The Kier molecular flexibility index (Phi) is 8.92. The topological polar surface area (TPSA) is 180 Å². The number of carbonyl (C=O) groups is 5. The van der Waals surface area contributed by atoms with Gasteiger partial charge in [-0.2, -0.15) is 0 Å². The van der Waals surface area contributed by atoms with E-state index < -0.39 is 54.8 Å². The number of carbonyl (C=O) groups excluding carboxylic acids is 4. The second kappa shape index (κ2) is 10.1. The highest BCUT2D eigenvalue weighted by Crippen LogP contribution is 1.84. The van der Waals surface area contributed by atoms with Crippen molar-refractivity contribution in [1.29, 1.82) is 0 Å². The van der Waals surface area contributed by atoms with Crippen LogP contribution in [0.2, 0.25) is 0 Å². The summed E-state index contributed by atoms with van der Waals surface area (Å²) in [5.74, 6) is -3.63. The summed E-state index contributed by atoms with van der Waals surface area (Å²) in [5, 5.41) is 17.4. The molecule has 0 aromatic carbocycles. The monoisotopic (exact) mass is 331 g/mol. The van der Waals surface area contributed by atoms with Gasteiger partial charge in [0.15, 0.2) is 0 Å². The molecule has 0 aliphatic rings. The van der Waals surface area contributed by atoms with Crippen molar-refractivity contribution in [3.8, 4) is 0 Å².